The van der Waals surface area contributed by atoms with E-state index < -0.39 is 0 Å². The Morgan fingerprint density at radius 1 is 0.375 bits per heavy atom. The Morgan fingerprint density at radius 2 is 0.375 bits per heavy atom. The third-order valence-corrected chi connectivity index (χ3v) is 0. The second kappa shape index (κ2) is 285. The van der Waals surface area contributed by atoms with Gasteiger partial charge in [0.25, 0.3) is 0 Å². The number of hydrogen-bond acceptors (Lipinski definition) is 0. The number of rotatable bonds is 0. The van der Waals surface area contributed by atoms with E-state index in [0.717, 1.165) is 0 Å². The Kier molecular flexibility index (Phi) is 14700. The van der Waals surface area contributed by atoms with E-state index in [1.54, 1.807) is 0 Å². The molecule has 4 nitrogen and oxygen atoms in total. The second-order valence-corrected chi connectivity index (χ2v) is 0. The first-order valence-corrected chi connectivity index (χ1v) is 0. The molecule has 0 aliphatic rings. The molecule has 8 heavy (non-hydrogen) atoms. The summed E-state index contributed by atoms with van der Waals surface area (Å²) in [7, 11) is 0. The fourth-order valence-corrected chi connectivity index (χ4v) is 0. The van der Waals surface area contributed by atoms with Crippen LogP contribution >= 0.6 is 0 Å². The minimum atomic E-state index is 0. The summed E-state index contributed by atoms with van der Waals surface area (Å²) < 4.78 is 0. The summed E-state index contributed by atoms with van der Waals surface area (Å²) in [5.41, 5.74) is 0. The van der Waals surface area contributed by atoms with Gasteiger partial charge in [-0.3, -0.25) is 0 Å². The molecule has 0 aromatic carbocycles. The molecule has 0 fully saturated rings. The third kappa shape index (κ3) is 186. The summed E-state index contributed by atoms with van der Waals surface area (Å²) in [6.45, 7) is 0. The molecule has 1 radical (unpaired) electrons. The summed E-state index contributed by atoms with van der Waals surface area (Å²) in [6, 6.07) is 0. The fraction of sp³-hybridized carbons (Fsp3) is 0. The first-order chi connectivity index (χ1) is 0. The van der Waals surface area contributed by atoms with Crippen LogP contribution in [0.2, 0.25) is 0 Å². The van der Waals surface area contributed by atoms with Gasteiger partial charge in [0.2, 0.25) is 0 Å². The van der Waals surface area contributed by atoms with Gasteiger partial charge in [-0.25, -0.2) is 0 Å². The van der Waals surface area contributed by atoms with E-state index in [-0.39, 0.29) is 76.2 Å². The zero-order valence-electron chi connectivity index (χ0n) is 3.49. The van der Waals surface area contributed by atoms with Crippen LogP contribution in [-0.2, 0) is 17.1 Å². The molecule has 0 rings (SSSR count). The zero-order valence-corrected chi connectivity index (χ0v) is 6.86. The van der Waals surface area contributed by atoms with Gasteiger partial charge in [-0.2, -0.15) is 0 Å². The van der Waals surface area contributed by atoms with Crippen molar-refractivity contribution in [3.05, 3.63) is 0 Å². The van der Waals surface area contributed by atoms with E-state index in [9.17, 15) is 0 Å². The average Bonchev–Trinajstić information content (AvgIpc) is 0. The molecule has 0 bridgehead atoms. The van der Waals surface area contributed by atoms with Crippen LogP contribution in [0.1, 0.15) is 0 Å². The van der Waals surface area contributed by atoms with Gasteiger partial charge in [-0.15, -0.1) is 0 Å². The predicted octanol–water partition coefficient (Wildman–Crippen LogP) is -12.3. The molecular weight excluding hydrogens is 226 g/mol. The quantitative estimate of drug-likeness (QED) is 0.369. The Bertz CT molecular complexity index is 11.2. The average molecular weight is 234 g/mol. The van der Waals surface area contributed by atoms with Gasteiger partial charge in [0.15, 0.2) is 0 Å². The molecular formula is H8Cl3FeO4. The van der Waals surface area contributed by atoms with E-state index in [0.29, 0.717) is 0 Å². The maximum atomic E-state index is 0. The van der Waals surface area contributed by atoms with Crippen molar-refractivity contribution in [2.24, 2.45) is 0 Å². The molecule has 61 valence electrons. The van der Waals surface area contributed by atoms with Crippen LogP contribution in [0.15, 0.2) is 0 Å². The Hall–Kier alpha value is 1.23. The van der Waals surface area contributed by atoms with Crippen molar-refractivity contribution < 1.29 is 76.2 Å². The van der Waals surface area contributed by atoms with Crippen LogP contribution in [0.5, 0.6) is 0 Å². The van der Waals surface area contributed by atoms with Crippen molar-refractivity contribution in [3.8, 4) is 0 Å². The van der Waals surface area contributed by atoms with E-state index in [1.165, 1.54) is 0 Å². The van der Waals surface area contributed by atoms with Crippen molar-refractivity contribution >= 4 is 0 Å². The van der Waals surface area contributed by atoms with Gasteiger partial charge in [-0.1, -0.05) is 0 Å². The molecule has 0 aromatic heterocycles. The molecule has 8 N–H and O–H groups in total. The Labute approximate surface area is 76.3 Å². The molecule has 0 amide bonds. The van der Waals surface area contributed by atoms with Gasteiger partial charge >= 0.3 is 17.1 Å². The summed E-state index contributed by atoms with van der Waals surface area (Å²) in [4.78, 5) is 0. The van der Waals surface area contributed by atoms with Crippen LogP contribution < -0.4 is 37.2 Å². The van der Waals surface area contributed by atoms with Gasteiger partial charge in [0, 0.05) is 0 Å². The van der Waals surface area contributed by atoms with Crippen LogP contribution in [0.4, 0.5) is 0 Å². The number of halogens is 3. The molecule has 0 aromatic rings. The van der Waals surface area contributed by atoms with Gasteiger partial charge in [0.1, 0.15) is 0 Å². The molecule has 0 aliphatic carbocycles. The first kappa shape index (κ1) is 414. The van der Waals surface area contributed by atoms with Gasteiger partial charge in [0.05, 0.1) is 0 Å². The molecule has 8 heteroatoms. The van der Waals surface area contributed by atoms with Crippen LogP contribution in [0, 0.1) is 0 Å². The minimum absolute atomic E-state index is 0. The van der Waals surface area contributed by atoms with E-state index >= 15 is 0 Å². The third-order valence-electron chi connectivity index (χ3n) is 0. The Balaban J connectivity index is 0. The molecule has 0 unspecified atom stereocenters. The predicted molar refractivity (Wildman–Crippen MR) is 14.5 cm³/mol. The zero-order chi connectivity index (χ0) is 0. The van der Waals surface area contributed by atoms with Gasteiger partial charge < -0.3 is 59.1 Å². The van der Waals surface area contributed by atoms with Crippen LogP contribution in [-0.4, -0.2) is 21.9 Å². The molecule has 0 heterocycles. The maximum Gasteiger partial charge on any atom is 3.00 e. The molecule has 0 spiro atoms. The molecule has 0 aliphatic heterocycles. The van der Waals surface area contributed by atoms with Crippen LogP contribution in [0.3, 0.4) is 0 Å². The standard InChI is InChI=1S/3ClH.Fe.4H2O/h3*1H;;4*1H2/q;;;+3;;;;/p-3. The summed E-state index contributed by atoms with van der Waals surface area (Å²) in [5, 5.41) is 0. The molecule has 0 saturated carbocycles. The van der Waals surface area contributed by atoms with E-state index in [4.69, 9.17) is 0 Å². The normalized spacial score (nSPS) is 0. The topological polar surface area (TPSA) is 126 Å². The number of hydrogen-bond donors (Lipinski definition) is 0. The van der Waals surface area contributed by atoms with Crippen molar-refractivity contribution in [1.82, 2.24) is 0 Å². The van der Waals surface area contributed by atoms with E-state index in [1.807, 2.05) is 0 Å². The SMILES string of the molecule is O.O.O.O.[Cl-].[Cl-].[Cl-].[Fe+3]. The monoisotopic (exact) mass is 233 g/mol. The largest absolute Gasteiger partial charge is 3.00 e. The fourth-order valence-electron chi connectivity index (χ4n) is 0. The van der Waals surface area contributed by atoms with E-state index in [2.05, 4.69) is 0 Å². The molecule has 0 saturated heterocycles. The Morgan fingerprint density at radius 3 is 0.375 bits per heavy atom. The van der Waals surface area contributed by atoms with Crippen molar-refractivity contribution in [2.45, 2.75) is 0 Å². The maximum absolute atomic E-state index is 0. The van der Waals surface area contributed by atoms with Crippen molar-refractivity contribution in [1.29, 1.82) is 0 Å². The van der Waals surface area contributed by atoms with Crippen molar-refractivity contribution in [2.75, 3.05) is 0 Å². The summed E-state index contributed by atoms with van der Waals surface area (Å²) in [5.74, 6) is 0. The summed E-state index contributed by atoms with van der Waals surface area (Å²) >= 11 is 0. The van der Waals surface area contributed by atoms with Crippen molar-refractivity contribution in [3.63, 3.8) is 0 Å². The molecule has 0 atom stereocenters. The minimum Gasteiger partial charge on any atom is -1.00 e. The van der Waals surface area contributed by atoms with Gasteiger partial charge in [-0.05, 0) is 0 Å². The van der Waals surface area contributed by atoms with Crippen LogP contribution in [0.25, 0.3) is 0 Å². The summed E-state index contributed by atoms with van der Waals surface area (Å²) in [6.07, 6.45) is 0. The smallest absolute Gasteiger partial charge is 1.00 e. The first-order valence-electron chi connectivity index (χ1n) is 0. The second-order valence-electron chi connectivity index (χ2n) is 0.